The van der Waals surface area contributed by atoms with Crippen molar-refractivity contribution in [1.82, 2.24) is 26.3 Å². The minimum Gasteiger partial charge on any atom is -0.314 e. The first-order chi connectivity index (χ1) is 8.47. The Labute approximate surface area is 103 Å². The first-order valence-corrected chi connectivity index (χ1v) is 5.41. The number of rotatable bonds is 3. The lowest BCUT2D eigenvalue weighted by molar-refractivity contribution is -0.121. The molecular weight excluding hydrogens is 240 g/mol. The smallest absolute Gasteiger partial charge is 0.314 e. The Balaban J connectivity index is 1.96. The third-order valence-corrected chi connectivity index (χ3v) is 2.48. The molecule has 0 aromatic carbocycles. The third-order valence-electron chi connectivity index (χ3n) is 2.48. The maximum atomic E-state index is 11.6. The molecule has 2 aliphatic heterocycles. The fourth-order valence-corrected chi connectivity index (χ4v) is 1.73. The van der Waals surface area contributed by atoms with E-state index in [1.165, 1.54) is 4.90 Å². The molecular formula is C9H14N6O3. The van der Waals surface area contributed by atoms with E-state index in [1.807, 2.05) is 0 Å². The second kappa shape index (κ2) is 4.51. The summed E-state index contributed by atoms with van der Waals surface area (Å²) >= 11 is 0. The predicted molar refractivity (Wildman–Crippen MR) is 61.4 cm³/mol. The molecule has 0 bridgehead atoms. The van der Waals surface area contributed by atoms with Crippen molar-refractivity contribution in [2.75, 3.05) is 6.54 Å². The molecule has 0 spiro atoms. The van der Waals surface area contributed by atoms with Gasteiger partial charge in [0.15, 0.2) is 0 Å². The van der Waals surface area contributed by atoms with E-state index in [-0.39, 0.29) is 12.6 Å². The Morgan fingerprint density at radius 3 is 2.72 bits per heavy atom. The molecule has 2 heterocycles. The molecule has 0 unspecified atom stereocenters. The fraction of sp³-hybridized carbons (Fsp3) is 0.556. The summed E-state index contributed by atoms with van der Waals surface area (Å²) in [4.78, 5) is 35.4. The van der Waals surface area contributed by atoms with Crippen molar-refractivity contribution in [1.29, 1.82) is 0 Å². The number of hydrogen-bond acceptors (Lipinski definition) is 4. The van der Waals surface area contributed by atoms with E-state index in [0.717, 1.165) is 0 Å². The summed E-state index contributed by atoms with van der Waals surface area (Å²) in [5.74, 6) is -0.423. The van der Waals surface area contributed by atoms with Gasteiger partial charge in [-0.1, -0.05) is 0 Å². The minimum atomic E-state index is -0.553. The number of amides is 5. The van der Waals surface area contributed by atoms with Gasteiger partial charge in [0.25, 0.3) is 5.91 Å². The van der Waals surface area contributed by atoms with Crippen molar-refractivity contribution in [3.8, 4) is 0 Å². The predicted octanol–water partition coefficient (Wildman–Crippen LogP) is -1.51. The minimum absolute atomic E-state index is 0.175. The van der Waals surface area contributed by atoms with E-state index < -0.39 is 24.3 Å². The number of hydrogen-bond donors (Lipinski definition) is 4. The van der Waals surface area contributed by atoms with E-state index >= 15 is 0 Å². The van der Waals surface area contributed by atoms with Gasteiger partial charge in [-0.15, -0.1) is 0 Å². The van der Waals surface area contributed by atoms with Crippen LogP contribution in [0.3, 0.4) is 0 Å². The Hall–Kier alpha value is -2.32. The summed E-state index contributed by atoms with van der Waals surface area (Å²) in [7, 11) is 0. The number of carbonyl (C=O) groups is 3. The Morgan fingerprint density at radius 2 is 2.06 bits per heavy atom. The van der Waals surface area contributed by atoms with Crippen LogP contribution in [0.4, 0.5) is 9.59 Å². The van der Waals surface area contributed by atoms with Gasteiger partial charge in [-0.3, -0.25) is 9.69 Å². The number of carbonyl (C=O) groups excluding carboxylic acids is 3. The highest BCUT2D eigenvalue weighted by Crippen LogP contribution is 2.13. The van der Waals surface area contributed by atoms with Gasteiger partial charge in [0.05, 0.1) is 0 Å². The van der Waals surface area contributed by atoms with Gasteiger partial charge in [-0.05, 0) is 13.8 Å². The van der Waals surface area contributed by atoms with E-state index in [0.29, 0.717) is 5.71 Å². The lowest BCUT2D eigenvalue weighted by Crippen LogP contribution is -2.47. The van der Waals surface area contributed by atoms with E-state index in [2.05, 4.69) is 26.5 Å². The largest absolute Gasteiger partial charge is 0.321 e. The third kappa shape index (κ3) is 2.34. The number of hydrazone groups is 1. The molecule has 0 aromatic rings. The summed E-state index contributed by atoms with van der Waals surface area (Å²) in [6.07, 6.45) is -1.06. The monoisotopic (exact) mass is 254 g/mol. The molecule has 2 atom stereocenters. The van der Waals surface area contributed by atoms with Crippen LogP contribution in [0.25, 0.3) is 0 Å². The molecule has 98 valence electrons. The zero-order valence-electron chi connectivity index (χ0n) is 9.98. The highest BCUT2D eigenvalue weighted by Gasteiger charge is 2.45. The molecule has 4 N–H and O–H groups in total. The number of urea groups is 2. The molecule has 0 aromatic heterocycles. The van der Waals surface area contributed by atoms with Gasteiger partial charge in [0.2, 0.25) is 0 Å². The van der Waals surface area contributed by atoms with Crippen LogP contribution in [0.2, 0.25) is 0 Å². The quantitative estimate of drug-likeness (QED) is 0.362. The van der Waals surface area contributed by atoms with Crippen molar-refractivity contribution < 1.29 is 14.4 Å². The average molecular weight is 254 g/mol. The van der Waals surface area contributed by atoms with Gasteiger partial charge >= 0.3 is 12.1 Å². The highest BCUT2D eigenvalue weighted by molar-refractivity contribution is 5.89. The molecule has 2 aliphatic rings. The van der Waals surface area contributed by atoms with Gasteiger partial charge < -0.3 is 16.0 Å². The topological polar surface area (TPSA) is 115 Å². The van der Waals surface area contributed by atoms with Crippen LogP contribution in [-0.4, -0.2) is 47.5 Å². The summed E-state index contributed by atoms with van der Waals surface area (Å²) < 4.78 is 0. The maximum absolute atomic E-state index is 11.6. The molecule has 2 rings (SSSR count). The summed E-state index contributed by atoms with van der Waals surface area (Å²) in [5, 5.41) is 11.4. The molecule has 0 saturated carbocycles. The summed E-state index contributed by atoms with van der Waals surface area (Å²) in [5.41, 5.74) is 3.01. The van der Waals surface area contributed by atoms with Gasteiger partial charge in [0, 0.05) is 5.71 Å². The zero-order valence-corrected chi connectivity index (χ0v) is 9.98. The van der Waals surface area contributed by atoms with Crippen molar-refractivity contribution in [2.24, 2.45) is 5.10 Å². The summed E-state index contributed by atoms with van der Waals surface area (Å²) in [6.45, 7) is 3.30. The van der Waals surface area contributed by atoms with Crippen LogP contribution < -0.4 is 21.4 Å². The Bertz CT molecular complexity index is 430. The van der Waals surface area contributed by atoms with Gasteiger partial charge in [0.1, 0.15) is 18.9 Å². The average Bonchev–Trinajstić information content (AvgIpc) is 2.74. The molecule has 2 fully saturated rings. The molecule has 18 heavy (non-hydrogen) atoms. The number of nitrogens with zero attached hydrogens (tertiary/aromatic N) is 2. The molecule has 9 nitrogen and oxygen atoms in total. The fourth-order valence-electron chi connectivity index (χ4n) is 1.73. The molecule has 0 aliphatic carbocycles. The zero-order chi connectivity index (χ0) is 13.3. The van der Waals surface area contributed by atoms with E-state index in [9.17, 15) is 14.4 Å². The number of nitrogens with one attached hydrogen (secondary N) is 4. The Morgan fingerprint density at radius 1 is 1.33 bits per heavy atom. The second-order valence-electron chi connectivity index (χ2n) is 4.21. The van der Waals surface area contributed by atoms with E-state index in [1.54, 1.807) is 13.8 Å². The van der Waals surface area contributed by atoms with Gasteiger partial charge in [-0.25, -0.2) is 15.0 Å². The molecule has 0 radical (unpaired) electrons. The van der Waals surface area contributed by atoms with Gasteiger partial charge in [-0.2, -0.15) is 5.10 Å². The van der Waals surface area contributed by atoms with Crippen LogP contribution in [0, 0.1) is 0 Å². The van der Waals surface area contributed by atoms with Crippen molar-refractivity contribution in [2.45, 2.75) is 26.2 Å². The number of fused-ring (bicyclic) bond motifs is 1. The van der Waals surface area contributed by atoms with Crippen molar-refractivity contribution >= 4 is 23.7 Å². The maximum Gasteiger partial charge on any atom is 0.321 e. The lowest BCUT2D eigenvalue weighted by atomic mass is 10.4. The van der Waals surface area contributed by atoms with Crippen LogP contribution in [0.1, 0.15) is 13.8 Å². The van der Waals surface area contributed by atoms with E-state index in [4.69, 9.17) is 0 Å². The lowest BCUT2D eigenvalue weighted by Gasteiger charge is -2.19. The summed E-state index contributed by atoms with van der Waals surface area (Å²) in [6, 6.07) is -0.789. The van der Waals surface area contributed by atoms with Crippen LogP contribution >= 0.6 is 0 Å². The van der Waals surface area contributed by atoms with Crippen molar-refractivity contribution in [3.63, 3.8) is 0 Å². The second-order valence-corrected chi connectivity index (χ2v) is 4.21. The van der Waals surface area contributed by atoms with Crippen LogP contribution in [0.5, 0.6) is 0 Å². The highest BCUT2D eigenvalue weighted by atomic mass is 16.2. The first-order valence-electron chi connectivity index (χ1n) is 5.41. The first kappa shape index (κ1) is 12.1. The SMILES string of the molecule is CC(C)=NNC(=O)CN1C(=O)N[C@@H]2NC(=O)N[C@@H]21. The van der Waals surface area contributed by atoms with Crippen LogP contribution in [0.15, 0.2) is 5.10 Å². The normalized spacial score (nSPS) is 24.9. The van der Waals surface area contributed by atoms with Crippen molar-refractivity contribution in [3.05, 3.63) is 0 Å². The molecule has 5 amide bonds. The molecule has 9 heteroatoms. The van der Waals surface area contributed by atoms with Crippen LogP contribution in [-0.2, 0) is 4.79 Å². The molecule has 2 saturated heterocycles. The Kier molecular flexibility index (Phi) is 3.04. The standard InChI is InChI=1S/C9H14N6O3/c1-4(2)13-14-5(16)3-15-7-6(11-9(15)18)10-8(17)12-7/h6-7H,3H2,1-2H3,(H,11,18)(H,14,16)(H2,10,12,17)/t6-,7+/m0/s1.